The fraction of sp³-hybridized carbons (Fsp3) is 0.333. The Labute approximate surface area is 103 Å². The first-order valence-corrected chi connectivity index (χ1v) is 6.32. The molecule has 0 fully saturated rings. The second kappa shape index (κ2) is 4.71. The van der Waals surface area contributed by atoms with E-state index in [4.69, 9.17) is 5.11 Å². The molecular formula is C12H14N2O2S. The van der Waals surface area contributed by atoms with Crippen molar-refractivity contribution in [1.82, 2.24) is 4.98 Å². The molecule has 0 aliphatic rings. The SMILES string of the molecule is CCCc1nc2c(NC)cc(C(=O)O)cc2s1. The molecule has 2 N–H and O–H groups in total. The summed E-state index contributed by atoms with van der Waals surface area (Å²) in [5.74, 6) is -0.908. The summed E-state index contributed by atoms with van der Waals surface area (Å²) >= 11 is 1.57. The summed E-state index contributed by atoms with van der Waals surface area (Å²) in [6.45, 7) is 2.10. The van der Waals surface area contributed by atoms with Crippen molar-refractivity contribution in [2.75, 3.05) is 12.4 Å². The van der Waals surface area contributed by atoms with Crippen molar-refractivity contribution in [3.8, 4) is 0 Å². The van der Waals surface area contributed by atoms with E-state index < -0.39 is 5.97 Å². The Morgan fingerprint density at radius 3 is 2.88 bits per heavy atom. The van der Waals surface area contributed by atoms with Crippen molar-refractivity contribution < 1.29 is 9.90 Å². The van der Waals surface area contributed by atoms with Crippen molar-refractivity contribution in [2.45, 2.75) is 19.8 Å². The lowest BCUT2D eigenvalue weighted by molar-refractivity contribution is 0.0697. The van der Waals surface area contributed by atoms with Gasteiger partial charge in [0.05, 0.1) is 21.0 Å². The highest BCUT2D eigenvalue weighted by Crippen LogP contribution is 2.30. The second-order valence-corrected chi connectivity index (χ2v) is 4.90. The Morgan fingerprint density at radius 1 is 1.53 bits per heavy atom. The lowest BCUT2D eigenvalue weighted by atomic mass is 10.2. The van der Waals surface area contributed by atoms with E-state index in [1.165, 1.54) is 0 Å². The minimum atomic E-state index is -0.908. The molecule has 90 valence electrons. The first kappa shape index (κ1) is 11.9. The number of aromatic nitrogens is 1. The summed E-state index contributed by atoms with van der Waals surface area (Å²) in [4.78, 5) is 15.5. The van der Waals surface area contributed by atoms with Crippen molar-refractivity contribution in [1.29, 1.82) is 0 Å². The second-order valence-electron chi connectivity index (χ2n) is 3.78. The quantitative estimate of drug-likeness (QED) is 0.875. The maximum atomic E-state index is 11.0. The predicted molar refractivity (Wildman–Crippen MR) is 70.1 cm³/mol. The first-order valence-electron chi connectivity index (χ1n) is 5.50. The van der Waals surface area contributed by atoms with E-state index in [9.17, 15) is 4.79 Å². The van der Waals surface area contributed by atoms with Crippen LogP contribution in [0.15, 0.2) is 12.1 Å². The Balaban J connectivity index is 2.60. The third kappa shape index (κ3) is 2.24. The van der Waals surface area contributed by atoms with E-state index in [0.29, 0.717) is 5.56 Å². The van der Waals surface area contributed by atoms with Crippen LogP contribution < -0.4 is 5.32 Å². The van der Waals surface area contributed by atoms with Crippen molar-refractivity contribution in [3.63, 3.8) is 0 Å². The van der Waals surface area contributed by atoms with E-state index in [-0.39, 0.29) is 0 Å². The number of fused-ring (bicyclic) bond motifs is 1. The van der Waals surface area contributed by atoms with Crippen LogP contribution >= 0.6 is 11.3 Å². The molecule has 0 saturated heterocycles. The molecule has 0 unspecified atom stereocenters. The number of carboxylic acids is 1. The molecule has 4 nitrogen and oxygen atoms in total. The number of benzene rings is 1. The van der Waals surface area contributed by atoms with E-state index in [2.05, 4.69) is 17.2 Å². The van der Waals surface area contributed by atoms with Crippen LogP contribution in [0.5, 0.6) is 0 Å². The zero-order valence-corrected chi connectivity index (χ0v) is 10.6. The van der Waals surface area contributed by atoms with Crippen LogP contribution in [0.4, 0.5) is 5.69 Å². The molecule has 0 aliphatic heterocycles. The lowest BCUT2D eigenvalue weighted by Gasteiger charge is -2.02. The van der Waals surface area contributed by atoms with Gasteiger partial charge in [0.15, 0.2) is 0 Å². The monoisotopic (exact) mass is 250 g/mol. The van der Waals surface area contributed by atoms with Crippen LogP contribution in [0, 0.1) is 0 Å². The number of carboxylic acid groups (broad SMARTS) is 1. The normalized spacial score (nSPS) is 10.7. The summed E-state index contributed by atoms with van der Waals surface area (Å²) in [5.41, 5.74) is 1.94. The molecule has 1 aromatic carbocycles. The molecule has 0 atom stereocenters. The fourth-order valence-corrected chi connectivity index (χ4v) is 2.85. The minimum Gasteiger partial charge on any atom is -0.478 e. The lowest BCUT2D eigenvalue weighted by Crippen LogP contribution is -1.98. The van der Waals surface area contributed by atoms with Gasteiger partial charge in [-0.05, 0) is 25.0 Å². The Hall–Kier alpha value is -1.62. The van der Waals surface area contributed by atoms with Gasteiger partial charge in [-0.2, -0.15) is 0 Å². The number of thiazole rings is 1. The molecule has 0 amide bonds. The van der Waals surface area contributed by atoms with Crippen molar-refractivity contribution in [3.05, 3.63) is 22.7 Å². The number of rotatable bonds is 4. The molecule has 5 heteroatoms. The van der Waals surface area contributed by atoms with E-state index in [1.807, 2.05) is 0 Å². The Kier molecular flexibility index (Phi) is 3.28. The highest BCUT2D eigenvalue weighted by Gasteiger charge is 2.12. The standard InChI is InChI=1S/C12H14N2O2S/c1-3-4-10-14-11-8(13-2)5-7(12(15)16)6-9(11)17-10/h5-6,13H,3-4H2,1-2H3,(H,15,16). The van der Waals surface area contributed by atoms with Gasteiger partial charge >= 0.3 is 5.97 Å². The van der Waals surface area contributed by atoms with Crippen LogP contribution in [-0.2, 0) is 6.42 Å². The molecule has 1 aromatic heterocycles. The maximum absolute atomic E-state index is 11.0. The zero-order chi connectivity index (χ0) is 12.4. The summed E-state index contributed by atoms with van der Waals surface area (Å²) in [6.07, 6.45) is 1.98. The van der Waals surface area contributed by atoms with E-state index in [1.54, 1.807) is 30.5 Å². The van der Waals surface area contributed by atoms with Crippen molar-refractivity contribution in [2.24, 2.45) is 0 Å². The molecule has 2 aromatic rings. The Bertz CT molecular complexity index is 563. The van der Waals surface area contributed by atoms with E-state index >= 15 is 0 Å². The fourth-order valence-electron chi connectivity index (χ4n) is 1.71. The first-order chi connectivity index (χ1) is 8.15. The van der Waals surface area contributed by atoms with E-state index in [0.717, 1.165) is 33.8 Å². The van der Waals surface area contributed by atoms with Gasteiger partial charge in [0.25, 0.3) is 0 Å². The molecule has 0 bridgehead atoms. The number of carbonyl (C=O) groups is 1. The predicted octanol–water partition coefficient (Wildman–Crippen LogP) is 2.99. The number of aromatic carboxylic acids is 1. The summed E-state index contributed by atoms with van der Waals surface area (Å²) in [5, 5.41) is 13.1. The number of nitrogens with zero attached hydrogens (tertiary/aromatic N) is 1. The summed E-state index contributed by atoms with van der Waals surface area (Å²) in [7, 11) is 1.78. The average Bonchev–Trinajstić information content (AvgIpc) is 2.70. The Morgan fingerprint density at radius 2 is 2.29 bits per heavy atom. The van der Waals surface area contributed by atoms with Gasteiger partial charge in [-0.3, -0.25) is 0 Å². The topological polar surface area (TPSA) is 62.2 Å². The van der Waals surface area contributed by atoms with Gasteiger partial charge in [-0.25, -0.2) is 9.78 Å². The van der Waals surface area contributed by atoms with Crippen molar-refractivity contribution >= 4 is 33.2 Å². The molecule has 0 aliphatic carbocycles. The van der Waals surface area contributed by atoms with Gasteiger partial charge in [-0.15, -0.1) is 11.3 Å². The van der Waals surface area contributed by atoms with Gasteiger partial charge in [0.1, 0.15) is 5.52 Å². The molecule has 0 spiro atoms. The van der Waals surface area contributed by atoms with Gasteiger partial charge in [0.2, 0.25) is 0 Å². The van der Waals surface area contributed by atoms with Crippen LogP contribution in [-0.4, -0.2) is 23.1 Å². The minimum absolute atomic E-state index is 0.300. The summed E-state index contributed by atoms with van der Waals surface area (Å²) < 4.78 is 0.928. The van der Waals surface area contributed by atoms with Gasteiger partial charge < -0.3 is 10.4 Å². The molecule has 17 heavy (non-hydrogen) atoms. The van der Waals surface area contributed by atoms with Gasteiger partial charge in [0, 0.05) is 7.05 Å². The third-order valence-electron chi connectivity index (χ3n) is 2.52. The zero-order valence-electron chi connectivity index (χ0n) is 9.78. The number of hydrogen-bond donors (Lipinski definition) is 2. The maximum Gasteiger partial charge on any atom is 0.335 e. The largest absolute Gasteiger partial charge is 0.478 e. The number of hydrogen-bond acceptors (Lipinski definition) is 4. The highest BCUT2D eigenvalue weighted by molar-refractivity contribution is 7.18. The highest BCUT2D eigenvalue weighted by atomic mass is 32.1. The number of anilines is 1. The number of aryl methyl sites for hydroxylation is 1. The molecule has 1 heterocycles. The van der Waals surface area contributed by atoms with Crippen LogP contribution in [0.2, 0.25) is 0 Å². The van der Waals surface area contributed by atoms with Crippen LogP contribution in [0.25, 0.3) is 10.2 Å². The molecular weight excluding hydrogens is 236 g/mol. The molecule has 0 saturated carbocycles. The summed E-state index contributed by atoms with van der Waals surface area (Å²) in [6, 6.07) is 3.31. The molecule has 2 rings (SSSR count). The average molecular weight is 250 g/mol. The van der Waals surface area contributed by atoms with Crippen LogP contribution in [0.1, 0.15) is 28.7 Å². The molecule has 0 radical (unpaired) electrons. The number of nitrogens with one attached hydrogen (secondary N) is 1. The van der Waals surface area contributed by atoms with Crippen LogP contribution in [0.3, 0.4) is 0 Å². The van der Waals surface area contributed by atoms with Gasteiger partial charge in [-0.1, -0.05) is 6.92 Å². The smallest absolute Gasteiger partial charge is 0.335 e. The third-order valence-corrected chi connectivity index (χ3v) is 3.58.